The first-order valence-corrected chi connectivity index (χ1v) is 15.4. The van der Waals surface area contributed by atoms with Crippen molar-refractivity contribution < 1.29 is 31.7 Å². The number of anilines is 1. The Labute approximate surface area is 242 Å². The van der Waals surface area contributed by atoms with Crippen LogP contribution in [-0.4, -0.2) is 33.5 Å². The molecule has 12 heteroatoms. The van der Waals surface area contributed by atoms with E-state index < -0.39 is 23.0 Å². The Bertz CT molecular complexity index is 1760. The number of amides is 1. The molecule has 0 spiro atoms. The molecule has 8 nitrogen and oxygen atoms in total. The van der Waals surface area contributed by atoms with Gasteiger partial charge in [-0.1, -0.05) is 23.7 Å². The first-order chi connectivity index (χ1) is 19.6. The second-order valence-corrected chi connectivity index (χ2v) is 12.6. The van der Waals surface area contributed by atoms with Gasteiger partial charge >= 0.3 is 7.12 Å². The van der Waals surface area contributed by atoms with Gasteiger partial charge in [-0.2, -0.15) is 0 Å². The van der Waals surface area contributed by atoms with E-state index in [1.54, 1.807) is 24.3 Å². The number of halogens is 2. The molecule has 0 bridgehead atoms. The number of nitrogens with one attached hydrogen (secondary N) is 2. The van der Waals surface area contributed by atoms with Crippen LogP contribution >= 0.6 is 11.6 Å². The zero-order valence-corrected chi connectivity index (χ0v) is 23.7. The van der Waals surface area contributed by atoms with E-state index in [0.29, 0.717) is 56.7 Å². The molecule has 4 aromatic rings. The maximum absolute atomic E-state index is 13.6. The fraction of sp³-hybridized carbons (Fsp3) is 0.276. The van der Waals surface area contributed by atoms with Crippen molar-refractivity contribution in [1.29, 1.82) is 0 Å². The largest absolute Gasteiger partial charge is 0.455 e. The van der Waals surface area contributed by atoms with Crippen LogP contribution in [0.1, 0.15) is 58.3 Å². The Balaban J connectivity index is 1.33. The number of fused-ring (bicyclic) bond motifs is 1. The zero-order valence-electron chi connectivity index (χ0n) is 22.1. The zero-order chi connectivity index (χ0) is 28.9. The normalized spacial score (nSPS) is 17.3. The van der Waals surface area contributed by atoms with Crippen molar-refractivity contribution in [3.63, 3.8) is 0 Å². The summed E-state index contributed by atoms with van der Waals surface area (Å²) in [4.78, 5) is 12.9. The Morgan fingerprint density at radius 2 is 1.85 bits per heavy atom. The molecule has 2 heterocycles. The SMILES string of the molecule is CNC(=O)c1c(-c2ccc(F)cc2)oc2cc(NS(=O)(=O)Cc3ccc(C4CCB(O)O4)c(Cl)c3)c(C3CC3)cc12. The molecule has 3 aromatic carbocycles. The molecule has 3 N–H and O–H groups in total. The van der Waals surface area contributed by atoms with Gasteiger partial charge in [0.15, 0.2) is 0 Å². The molecule has 1 aliphatic carbocycles. The fourth-order valence-electron chi connectivity index (χ4n) is 5.33. The first kappa shape index (κ1) is 27.8. The fourth-order valence-corrected chi connectivity index (χ4v) is 6.86. The van der Waals surface area contributed by atoms with E-state index in [9.17, 15) is 22.6 Å². The molecule has 1 aromatic heterocycles. The predicted molar refractivity (Wildman–Crippen MR) is 156 cm³/mol. The molecule has 1 atom stereocenters. The van der Waals surface area contributed by atoms with Crippen molar-refractivity contribution in [2.24, 2.45) is 0 Å². The molecule has 6 rings (SSSR count). The second-order valence-electron chi connectivity index (χ2n) is 10.5. The lowest BCUT2D eigenvalue weighted by Crippen LogP contribution is -2.18. The Morgan fingerprint density at radius 1 is 1.10 bits per heavy atom. The third-order valence-corrected chi connectivity index (χ3v) is 9.04. The minimum Gasteiger partial charge on any atom is -0.455 e. The summed E-state index contributed by atoms with van der Waals surface area (Å²) in [5.74, 6) is -0.674. The van der Waals surface area contributed by atoms with Crippen LogP contribution in [0.5, 0.6) is 0 Å². The van der Waals surface area contributed by atoms with Gasteiger partial charge in [-0.15, -0.1) is 0 Å². The minimum atomic E-state index is -3.87. The third-order valence-electron chi connectivity index (χ3n) is 7.47. The third kappa shape index (κ3) is 5.72. The molecule has 2 aliphatic rings. The predicted octanol–water partition coefficient (Wildman–Crippen LogP) is 6.01. The van der Waals surface area contributed by atoms with Crippen LogP contribution in [0.3, 0.4) is 0 Å². The lowest BCUT2D eigenvalue weighted by Gasteiger charge is -2.15. The summed E-state index contributed by atoms with van der Waals surface area (Å²) in [6.45, 7) is 0. The van der Waals surface area contributed by atoms with Crippen molar-refractivity contribution in [2.75, 3.05) is 11.8 Å². The summed E-state index contributed by atoms with van der Waals surface area (Å²) in [5.41, 5.74) is 3.53. The number of sulfonamides is 1. The number of hydrogen-bond donors (Lipinski definition) is 3. The molecule has 1 unspecified atom stereocenters. The number of carbonyl (C=O) groups excluding carboxylic acids is 1. The Morgan fingerprint density at radius 3 is 2.49 bits per heavy atom. The summed E-state index contributed by atoms with van der Waals surface area (Å²) < 4.78 is 54.5. The Hall–Kier alpha value is -3.38. The van der Waals surface area contributed by atoms with Crippen LogP contribution in [0.4, 0.5) is 10.1 Å². The topological polar surface area (TPSA) is 118 Å². The van der Waals surface area contributed by atoms with Crippen LogP contribution < -0.4 is 10.0 Å². The van der Waals surface area contributed by atoms with E-state index in [1.165, 1.54) is 31.3 Å². The highest BCUT2D eigenvalue weighted by atomic mass is 35.5. The van der Waals surface area contributed by atoms with Crippen LogP contribution in [-0.2, 0) is 20.4 Å². The maximum atomic E-state index is 13.6. The van der Waals surface area contributed by atoms with Crippen molar-refractivity contribution in [2.45, 2.75) is 43.4 Å². The number of furan rings is 1. The van der Waals surface area contributed by atoms with Gasteiger partial charge in [-0.05, 0) is 84.6 Å². The van der Waals surface area contributed by atoms with Gasteiger partial charge in [-0.3, -0.25) is 9.52 Å². The van der Waals surface area contributed by atoms with Gasteiger partial charge in [0.05, 0.1) is 23.1 Å². The van der Waals surface area contributed by atoms with Gasteiger partial charge in [0, 0.05) is 29.1 Å². The molecule has 2 fully saturated rings. The van der Waals surface area contributed by atoms with Crippen molar-refractivity contribution >= 4 is 51.3 Å². The smallest absolute Gasteiger partial charge is 0.454 e. The molecule has 212 valence electrons. The first-order valence-electron chi connectivity index (χ1n) is 13.3. The summed E-state index contributed by atoms with van der Waals surface area (Å²) in [6.07, 6.45) is 2.60. The van der Waals surface area contributed by atoms with Crippen LogP contribution in [0.15, 0.2) is 59.0 Å². The van der Waals surface area contributed by atoms with Gasteiger partial charge in [0.1, 0.15) is 17.2 Å². The van der Waals surface area contributed by atoms with E-state index in [4.69, 9.17) is 20.7 Å². The number of benzene rings is 3. The Kier molecular flexibility index (Phi) is 7.31. The minimum absolute atomic E-state index is 0.147. The molecule has 1 amide bonds. The summed E-state index contributed by atoms with van der Waals surface area (Å²) in [7, 11) is -3.18. The molecular formula is C29H27BClFN2O6S. The van der Waals surface area contributed by atoms with Crippen molar-refractivity contribution in [1.82, 2.24) is 5.32 Å². The van der Waals surface area contributed by atoms with Gasteiger partial charge in [0.25, 0.3) is 5.91 Å². The molecule has 1 saturated carbocycles. The van der Waals surface area contributed by atoms with E-state index in [0.717, 1.165) is 18.4 Å². The van der Waals surface area contributed by atoms with Gasteiger partial charge in [0.2, 0.25) is 10.0 Å². The lowest BCUT2D eigenvalue weighted by atomic mass is 9.87. The quantitative estimate of drug-likeness (QED) is 0.214. The highest BCUT2D eigenvalue weighted by Crippen LogP contribution is 2.47. The average Bonchev–Trinajstić information content (AvgIpc) is 3.58. The maximum Gasteiger partial charge on any atom is 0.454 e. The number of rotatable bonds is 8. The average molecular weight is 597 g/mol. The van der Waals surface area contributed by atoms with E-state index in [-0.39, 0.29) is 29.4 Å². The van der Waals surface area contributed by atoms with Crippen molar-refractivity contribution in [3.05, 3.63) is 87.7 Å². The van der Waals surface area contributed by atoms with Gasteiger partial charge < -0.3 is 19.4 Å². The molecule has 41 heavy (non-hydrogen) atoms. The van der Waals surface area contributed by atoms with E-state index in [2.05, 4.69) is 10.0 Å². The van der Waals surface area contributed by atoms with Crippen molar-refractivity contribution in [3.8, 4) is 11.3 Å². The van der Waals surface area contributed by atoms with Crippen LogP contribution in [0, 0.1) is 5.82 Å². The van der Waals surface area contributed by atoms with Crippen LogP contribution in [0.25, 0.3) is 22.3 Å². The molecule has 1 aliphatic heterocycles. The summed E-state index contributed by atoms with van der Waals surface area (Å²) in [6, 6.07) is 14.1. The highest BCUT2D eigenvalue weighted by molar-refractivity contribution is 7.91. The summed E-state index contributed by atoms with van der Waals surface area (Å²) >= 11 is 6.46. The molecular weight excluding hydrogens is 570 g/mol. The second kappa shape index (κ2) is 10.8. The molecule has 1 saturated heterocycles. The molecule has 0 radical (unpaired) electrons. The monoisotopic (exact) mass is 596 g/mol. The van der Waals surface area contributed by atoms with Crippen LogP contribution in [0.2, 0.25) is 11.3 Å². The lowest BCUT2D eigenvalue weighted by molar-refractivity contribution is 0.0964. The van der Waals surface area contributed by atoms with E-state index in [1.807, 2.05) is 6.07 Å². The number of carbonyl (C=O) groups is 1. The number of hydrogen-bond acceptors (Lipinski definition) is 6. The standard InChI is InChI=1S/C29H27BClFN2O6S/c1-33-29(35)27-22-13-21(17-3-4-17)24(14-26(22)39-28(27)18-5-7-19(32)8-6-18)34-41(37,38)15-16-2-9-20(23(31)12-16)25-10-11-30(36)40-25/h2,5-9,12-14,17,25,34,36H,3-4,10-11,15H2,1H3,(H,33,35). The summed E-state index contributed by atoms with van der Waals surface area (Å²) in [5, 5.41) is 13.2. The van der Waals surface area contributed by atoms with Gasteiger partial charge in [-0.25, -0.2) is 12.8 Å². The van der Waals surface area contributed by atoms with E-state index >= 15 is 0 Å². The highest BCUT2D eigenvalue weighted by Gasteiger charge is 2.32.